The van der Waals surface area contributed by atoms with E-state index >= 15 is 0 Å². The van der Waals surface area contributed by atoms with Gasteiger partial charge in [-0.15, -0.1) is 22.7 Å². The normalized spacial score (nSPS) is 12.2. The summed E-state index contributed by atoms with van der Waals surface area (Å²) in [6.45, 7) is -0.235. The molecule has 21 heavy (non-hydrogen) atoms. The lowest BCUT2D eigenvalue weighted by molar-refractivity contribution is 0.0903. The number of nitrogens with zero attached hydrogens (tertiary/aromatic N) is 1. The fourth-order valence-corrected chi connectivity index (χ4v) is 3.43. The van der Waals surface area contributed by atoms with Crippen molar-refractivity contribution >= 4 is 28.6 Å². The maximum absolute atomic E-state index is 12.2. The SMILES string of the molecule is O=C(NC(CO)c1ccco1)c1csc(-c2cccs2)n1. The Hall–Kier alpha value is -1.96. The number of rotatable bonds is 5. The van der Waals surface area contributed by atoms with Crippen LogP contribution in [0.5, 0.6) is 0 Å². The van der Waals surface area contributed by atoms with Crippen molar-refractivity contribution in [2.45, 2.75) is 6.04 Å². The van der Waals surface area contributed by atoms with Crippen LogP contribution in [0.3, 0.4) is 0 Å². The van der Waals surface area contributed by atoms with Crippen molar-refractivity contribution in [3.63, 3.8) is 0 Å². The molecule has 1 atom stereocenters. The number of aliphatic hydroxyl groups excluding tert-OH is 1. The lowest BCUT2D eigenvalue weighted by atomic mass is 10.2. The Balaban J connectivity index is 1.73. The van der Waals surface area contributed by atoms with Gasteiger partial charge in [0.2, 0.25) is 0 Å². The number of carbonyl (C=O) groups excluding carboxylic acids is 1. The number of thiophene rings is 1. The van der Waals surface area contributed by atoms with E-state index in [9.17, 15) is 9.90 Å². The van der Waals surface area contributed by atoms with Crippen LogP contribution in [0.2, 0.25) is 0 Å². The van der Waals surface area contributed by atoms with Crippen LogP contribution in [-0.2, 0) is 0 Å². The fourth-order valence-electron chi connectivity index (χ4n) is 1.82. The van der Waals surface area contributed by atoms with Crippen LogP contribution in [0, 0.1) is 0 Å². The minimum Gasteiger partial charge on any atom is -0.467 e. The van der Waals surface area contributed by atoms with Crippen molar-refractivity contribution in [1.82, 2.24) is 10.3 Å². The molecule has 0 aliphatic carbocycles. The Morgan fingerprint density at radius 2 is 2.29 bits per heavy atom. The van der Waals surface area contributed by atoms with Crippen LogP contribution < -0.4 is 5.32 Å². The first-order chi connectivity index (χ1) is 10.3. The third-order valence-corrected chi connectivity index (χ3v) is 4.72. The summed E-state index contributed by atoms with van der Waals surface area (Å²) in [6.07, 6.45) is 1.50. The standard InChI is InChI=1S/C14H12N2O3S2/c17-7-9(11-3-1-5-19-11)15-13(18)10-8-21-14(16-10)12-4-2-6-20-12/h1-6,8-9,17H,7H2,(H,15,18). The molecule has 3 heterocycles. The number of thiazole rings is 1. The maximum Gasteiger partial charge on any atom is 0.271 e. The Morgan fingerprint density at radius 3 is 2.95 bits per heavy atom. The molecular formula is C14H12N2O3S2. The predicted octanol–water partition coefficient (Wildman–Crippen LogP) is 2.93. The minimum atomic E-state index is -0.570. The highest BCUT2D eigenvalue weighted by Gasteiger charge is 2.19. The number of hydrogen-bond donors (Lipinski definition) is 2. The third-order valence-electron chi connectivity index (χ3n) is 2.84. The molecule has 0 aromatic carbocycles. The van der Waals surface area contributed by atoms with Crippen LogP contribution in [0.15, 0.2) is 45.7 Å². The molecule has 1 amide bonds. The molecule has 0 aliphatic rings. The summed E-state index contributed by atoms with van der Waals surface area (Å²) >= 11 is 3.00. The van der Waals surface area contributed by atoms with Gasteiger partial charge in [-0.05, 0) is 23.6 Å². The summed E-state index contributed by atoms with van der Waals surface area (Å²) in [5.74, 6) is 0.184. The summed E-state index contributed by atoms with van der Waals surface area (Å²) in [7, 11) is 0. The quantitative estimate of drug-likeness (QED) is 0.758. The molecule has 0 radical (unpaired) electrons. The van der Waals surface area contributed by atoms with Gasteiger partial charge in [-0.3, -0.25) is 4.79 Å². The molecule has 108 valence electrons. The molecule has 3 rings (SSSR count). The summed E-state index contributed by atoms with van der Waals surface area (Å²) in [6, 6.07) is 6.75. The zero-order valence-electron chi connectivity index (χ0n) is 10.9. The highest BCUT2D eigenvalue weighted by molar-refractivity contribution is 7.20. The summed E-state index contributed by atoms with van der Waals surface area (Å²) in [5.41, 5.74) is 0.341. The van der Waals surface area contributed by atoms with Gasteiger partial charge in [0.05, 0.1) is 17.7 Å². The van der Waals surface area contributed by atoms with Crippen LogP contribution in [0.1, 0.15) is 22.3 Å². The highest BCUT2D eigenvalue weighted by atomic mass is 32.1. The molecule has 3 aromatic rings. The Bertz CT molecular complexity index is 705. The van der Waals surface area contributed by atoms with Crippen molar-refractivity contribution in [2.75, 3.05) is 6.61 Å². The van der Waals surface area contributed by atoms with Crippen molar-refractivity contribution in [2.24, 2.45) is 0 Å². The Kier molecular flexibility index (Phi) is 4.14. The van der Waals surface area contributed by atoms with Gasteiger partial charge in [-0.1, -0.05) is 6.07 Å². The van der Waals surface area contributed by atoms with E-state index in [1.165, 1.54) is 17.6 Å². The van der Waals surface area contributed by atoms with Crippen LogP contribution in [-0.4, -0.2) is 22.6 Å². The summed E-state index contributed by atoms with van der Waals surface area (Å²) < 4.78 is 5.20. The number of aromatic nitrogens is 1. The minimum absolute atomic E-state index is 0.235. The third kappa shape index (κ3) is 3.05. The van der Waals surface area contributed by atoms with E-state index in [1.54, 1.807) is 28.8 Å². The zero-order chi connectivity index (χ0) is 14.7. The number of hydrogen-bond acceptors (Lipinski definition) is 6. The van der Waals surface area contributed by atoms with Gasteiger partial charge in [-0.25, -0.2) is 4.98 Å². The molecule has 0 fully saturated rings. The molecule has 0 aliphatic heterocycles. The summed E-state index contributed by atoms with van der Waals surface area (Å²) in [5, 5.41) is 16.6. The van der Waals surface area contributed by atoms with Gasteiger partial charge < -0.3 is 14.8 Å². The Morgan fingerprint density at radius 1 is 1.38 bits per heavy atom. The van der Waals surface area contributed by atoms with Crippen LogP contribution in [0.4, 0.5) is 0 Å². The molecule has 0 bridgehead atoms. The molecule has 5 nitrogen and oxygen atoms in total. The molecule has 1 unspecified atom stereocenters. The van der Waals surface area contributed by atoms with Gasteiger partial charge in [0.25, 0.3) is 5.91 Å². The van der Waals surface area contributed by atoms with Crippen molar-refractivity contribution in [3.8, 4) is 9.88 Å². The van der Waals surface area contributed by atoms with E-state index in [4.69, 9.17) is 4.42 Å². The average Bonchev–Trinajstić information content (AvgIpc) is 3.26. The lowest BCUT2D eigenvalue weighted by Gasteiger charge is -2.12. The number of furan rings is 1. The number of carbonyl (C=O) groups is 1. The summed E-state index contributed by atoms with van der Waals surface area (Å²) in [4.78, 5) is 17.5. The van der Waals surface area contributed by atoms with Gasteiger partial charge in [-0.2, -0.15) is 0 Å². The molecule has 2 N–H and O–H groups in total. The Labute approximate surface area is 128 Å². The van der Waals surface area contributed by atoms with Gasteiger partial charge in [0, 0.05) is 5.38 Å². The molecule has 3 aromatic heterocycles. The van der Waals surface area contributed by atoms with E-state index in [2.05, 4.69) is 10.3 Å². The van der Waals surface area contributed by atoms with Gasteiger partial charge >= 0.3 is 0 Å². The highest BCUT2D eigenvalue weighted by Crippen LogP contribution is 2.28. The molecule has 0 spiro atoms. The second-order valence-electron chi connectivity index (χ2n) is 4.24. The first-order valence-electron chi connectivity index (χ1n) is 6.22. The number of aliphatic hydroxyl groups is 1. The lowest BCUT2D eigenvalue weighted by Crippen LogP contribution is -2.30. The second kappa shape index (κ2) is 6.21. The number of amides is 1. The van der Waals surface area contributed by atoms with Gasteiger partial charge in [0.1, 0.15) is 22.5 Å². The maximum atomic E-state index is 12.2. The van der Waals surface area contributed by atoms with Crippen molar-refractivity contribution in [3.05, 3.63) is 52.7 Å². The topological polar surface area (TPSA) is 75.4 Å². The van der Waals surface area contributed by atoms with E-state index in [0.29, 0.717) is 11.5 Å². The zero-order valence-corrected chi connectivity index (χ0v) is 12.5. The van der Waals surface area contributed by atoms with E-state index in [-0.39, 0.29) is 12.5 Å². The number of nitrogens with one attached hydrogen (secondary N) is 1. The predicted molar refractivity (Wildman–Crippen MR) is 81.4 cm³/mol. The van der Waals surface area contributed by atoms with Crippen molar-refractivity contribution in [1.29, 1.82) is 0 Å². The molecule has 0 saturated carbocycles. The van der Waals surface area contributed by atoms with E-state index in [0.717, 1.165) is 9.88 Å². The van der Waals surface area contributed by atoms with Gasteiger partial charge in [0.15, 0.2) is 0 Å². The molecule has 7 heteroatoms. The van der Waals surface area contributed by atoms with Crippen LogP contribution >= 0.6 is 22.7 Å². The molecule has 0 saturated heterocycles. The van der Waals surface area contributed by atoms with E-state index < -0.39 is 6.04 Å². The monoisotopic (exact) mass is 320 g/mol. The van der Waals surface area contributed by atoms with Crippen molar-refractivity contribution < 1.29 is 14.3 Å². The average molecular weight is 320 g/mol. The van der Waals surface area contributed by atoms with Crippen LogP contribution in [0.25, 0.3) is 9.88 Å². The van der Waals surface area contributed by atoms with E-state index in [1.807, 2.05) is 17.5 Å². The molecular weight excluding hydrogens is 308 g/mol. The first kappa shape index (κ1) is 14.0. The largest absolute Gasteiger partial charge is 0.467 e. The fraction of sp³-hybridized carbons (Fsp3) is 0.143. The second-order valence-corrected chi connectivity index (χ2v) is 6.05. The first-order valence-corrected chi connectivity index (χ1v) is 7.98. The smallest absolute Gasteiger partial charge is 0.271 e.